The molecule has 0 aliphatic heterocycles. The van der Waals surface area contributed by atoms with Crippen molar-refractivity contribution in [3.05, 3.63) is 11.6 Å². The average Bonchev–Trinajstić information content (AvgIpc) is 2.76. The predicted octanol–water partition coefficient (Wildman–Crippen LogP) is 6.78. The quantitative estimate of drug-likeness (QED) is 0.314. The van der Waals surface area contributed by atoms with Crippen LogP contribution in [0.15, 0.2) is 11.6 Å². The molecule has 5 nitrogen and oxygen atoms in total. The number of esters is 1. The number of rotatable bonds is 2. The summed E-state index contributed by atoms with van der Waals surface area (Å²) in [4.78, 5) is 25.3. The second-order valence-electron chi connectivity index (χ2n) is 15.8. The van der Waals surface area contributed by atoms with Crippen molar-refractivity contribution in [2.75, 3.05) is 0 Å². The van der Waals surface area contributed by atoms with E-state index in [0.717, 1.165) is 57.8 Å². The standard InChI is InChI=1S/C32H50O5/c1-19(33)37-22-18-31(8)23(29(6)12-11-24(34)28(4,5)25(22)29)10-9-20-21-17-27(2,3)13-15-32(21,26(35)36)16-14-30(20,31)7/h9,21-25,34H,10-18H2,1-8H3,(H,35,36)/t21-,22-,23+,24-,25-,29+,30+,31+,32-/m0/s1. The Balaban J connectivity index is 1.65. The molecule has 0 aromatic carbocycles. The number of carbonyl (C=O) groups excluding carboxylic acids is 1. The number of hydrogen-bond acceptors (Lipinski definition) is 4. The molecule has 5 aliphatic carbocycles. The van der Waals surface area contributed by atoms with Gasteiger partial charge in [-0.25, -0.2) is 0 Å². The van der Waals surface area contributed by atoms with E-state index in [1.54, 1.807) is 0 Å². The Morgan fingerprint density at radius 3 is 2.22 bits per heavy atom. The number of carbonyl (C=O) groups is 2. The van der Waals surface area contributed by atoms with Gasteiger partial charge in [0.15, 0.2) is 0 Å². The fourth-order valence-corrected chi connectivity index (χ4v) is 11.1. The lowest BCUT2D eigenvalue weighted by Crippen LogP contribution is -2.68. The highest BCUT2D eigenvalue weighted by atomic mass is 16.5. The van der Waals surface area contributed by atoms with Gasteiger partial charge in [0.2, 0.25) is 0 Å². The molecule has 2 N–H and O–H groups in total. The molecule has 0 heterocycles. The molecule has 4 saturated carbocycles. The monoisotopic (exact) mass is 514 g/mol. The van der Waals surface area contributed by atoms with Crippen molar-refractivity contribution in [2.24, 2.45) is 50.2 Å². The number of allylic oxidation sites excluding steroid dienone is 2. The first-order valence-corrected chi connectivity index (χ1v) is 14.7. The second-order valence-corrected chi connectivity index (χ2v) is 15.8. The minimum Gasteiger partial charge on any atom is -0.481 e. The molecule has 0 bridgehead atoms. The van der Waals surface area contributed by atoms with Crippen LogP contribution >= 0.6 is 0 Å². The van der Waals surface area contributed by atoms with Crippen LogP contribution in [0.4, 0.5) is 0 Å². The molecule has 0 aromatic rings. The zero-order valence-corrected chi connectivity index (χ0v) is 24.4. The van der Waals surface area contributed by atoms with Crippen molar-refractivity contribution in [2.45, 2.75) is 125 Å². The van der Waals surface area contributed by atoms with E-state index >= 15 is 0 Å². The van der Waals surface area contributed by atoms with Crippen molar-refractivity contribution in [3.63, 3.8) is 0 Å². The third kappa shape index (κ3) is 3.50. The third-order valence-electron chi connectivity index (χ3n) is 13.2. The van der Waals surface area contributed by atoms with Crippen molar-refractivity contribution in [1.82, 2.24) is 0 Å². The van der Waals surface area contributed by atoms with E-state index in [4.69, 9.17) is 4.74 Å². The van der Waals surface area contributed by atoms with E-state index in [1.807, 2.05) is 0 Å². The van der Waals surface area contributed by atoms with Crippen LogP contribution in [-0.2, 0) is 14.3 Å². The number of hydrogen-bond donors (Lipinski definition) is 2. The van der Waals surface area contributed by atoms with Crippen LogP contribution in [0.1, 0.15) is 113 Å². The topological polar surface area (TPSA) is 83.8 Å². The van der Waals surface area contributed by atoms with Gasteiger partial charge in [-0.15, -0.1) is 0 Å². The minimum absolute atomic E-state index is 0.0626. The maximum atomic E-state index is 12.9. The Hall–Kier alpha value is -1.36. The Bertz CT molecular complexity index is 1030. The lowest BCUT2D eigenvalue weighted by Gasteiger charge is -2.72. The van der Waals surface area contributed by atoms with Crippen LogP contribution in [0.5, 0.6) is 0 Å². The molecule has 37 heavy (non-hydrogen) atoms. The van der Waals surface area contributed by atoms with Gasteiger partial charge < -0.3 is 14.9 Å². The highest BCUT2D eigenvalue weighted by molar-refractivity contribution is 5.76. The summed E-state index contributed by atoms with van der Waals surface area (Å²) in [5.41, 5.74) is 0.176. The van der Waals surface area contributed by atoms with Crippen LogP contribution in [0.2, 0.25) is 0 Å². The molecular formula is C32H50O5. The molecule has 208 valence electrons. The van der Waals surface area contributed by atoms with Crippen molar-refractivity contribution < 1.29 is 24.5 Å². The van der Waals surface area contributed by atoms with Gasteiger partial charge in [0.05, 0.1) is 11.5 Å². The third-order valence-corrected chi connectivity index (χ3v) is 13.2. The van der Waals surface area contributed by atoms with Gasteiger partial charge in [0.25, 0.3) is 0 Å². The SMILES string of the molecule is CC(=O)O[C@H]1C[C@]2(C)[C@H](CC=C3[C@@H]4CC(C)(C)CC[C@]4(C(=O)O)CC[C@]32C)[C@@]2(C)CC[C@H](O)C(C)(C)[C@H]12. The van der Waals surface area contributed by atoms with Gasteiger partial charge in [0, 0.05) is 12.8 Å². The van der Waals surface area contributed by atoms with Crippen LogP contribution in [0.3, 0.4) is 0 Å². The molecule has 5 heteroatoms. The van der Waals surface area contributed by atoms with Crippen LogP contribution in [-0.4, -0.2) is 34.4 Å². The van der Waals surface area contributed by atoms with E-state index in [2.05, 4.69) is 54.5 Å². The van der Waals surface area contributed by atoms with E-state index in [9.17, 15) is 19.8 Å². The highest BCUT2D eigenvalue weighted by Gasteiger charge is 2.71. The summed E-state index contributed by atoms with van der Waals surface area (Å²) in [6.07, 6.45) is 9.47. The van der Waals surface area contributed by atoms with Crippen molar-refractivity contribution in [1.29, 1.82) is 0 Å². The minimum atomic E-state index is -0.655. The Kier molecular flexibility index (Phi) is 5.95. The zero-order valence-electron chi connectivity index (χ0n) is 24.4. The van der Waals surface area contributed by atoms with Gasteiger partial charge >= 0.3 is 11.9 Å². The first kappa shape index (κ1) is 27.2. The molecule has 5 aliphatic rings. The molecule has 5 rings (SSSR count). The van der Waals surface area contributed by atoms with E-state index < -0.39 is 17.5 Å². The molecule has 0 saturated heterocycles. The number of fused-ring (bicyclic) bond motifs is 7. The van der Waals surface area contributed by atoms with E-state index in [1.165, 1.54) is 12.5 Å². The maximum Gasteiger partial charge on any atom is 0.310 e. The van der Waals surface area contributed by atoms with Crippen LogP contribution in [0.25, 0.3) is 0 Å². The largest absolute Gasteiger partial charge is 0.481 e. The molecule has 0 radical (unpaired) electrons. The Morgan fingerprint density at radius 2 is 1.59 bits per heavy atom. The molecule has 0 amide bonds. The van der Waals surface area contributed by atoms with Gasteiger partial charge in [0.1, 0.15) is 6.10 Å². The Morgan fingerprint density at radius 1 is 0.946 bits per heavy atom. The summed E-state index contributed by atoms with van der Waals surface area (Å²) in [5.74, 6) is -0.317. The fraction of sp³-hybridized carbons (Fsp3) is 0.875. The summed E-state index contributed by atoms with van der Waals surface area (Å²) < 4.78 is 6.18. The first-order valence-electron chi connectivity index (χ1n) is 14.7. The average molecular weight is 515 g/mol. The molecule has 4 fully saturated rings. The Labute approximate surface area is 223 Å². The van der Waals surface area contributed by atoms with Gasteiger partial charge in [-0.2, -0.15) is 0 Å². The van der Waals surface area contributed by atoms with Gasteiger partial charge in [-0.05, 0) is 96.7 Å². The zero-order chi connectivity index (χ0) is 27.4. The van der Waals surface area contributed by atoms with Crippen LogP contribution < -0.4 is 0 Å². The van der Waals surface area contributed by atoms with Crippen molar-refractivity contribution >= 4 is 11.9 Å². The molecule has 0 spiro atoms. The van der Waals surface area contributed by atoms with Gasteiger partial charge in [-0.3, -0.25) is 9.59 Å². The molecule has 0 unspecified atom stereocenters. The van der Waals surface area contributed by atoms with Gasteiger partial charge in [-0.1, -0.05) is 60.1 Å². The fourth-order valence-electron chi connectivity index (χ4n) is 11.1. The summed E-state index contributed by atoms with van der Waals surface area (Å²) >= 11 is 0. The smallest absolute Gasteiger partial charge is 0.310 e. The number of ether oxygens (including phenoxy) is 1. The molecule has 9 atom stereocenters. The van der Waals surface area contributed by atoms with Crippen molar-refractivity contribution in [3.8, 4) is 0 Å². The summed E-state index contributed by atoms with van der Waals surface area (Å²) in [7, 11) is 0. The van der Waals surface area contributed by atoms with Crippen LogP contribution in [0, 0.1) is 50.2 Å². The number of carboxylic acid groups (broad SMARTS) is 1. The highest BCUT2D eigenvalue weighted by Crippen LogP contribution is 2.76. The molecular weight excluding hydrogens is 464 g/mol. The summed E-state index contributed by atoms with van der Waals surface area (Å²) in [6.45, 7) is 17.7. The number of carboxylic acids is 1. The number of aliphatic hydroxyl groups is 1. The first-order chi connectivity index (χ1) is 16.9. The molecule has 0 aromatic heterocycles. The second kappa shape index (κ2) is 8.08. The number of aliphatic hydroxyl groups excluding tert-OH is 1. The van der Waals surface area contributed by atoms with E-state index in [0.29, 0.717) is 5.92 Å². The lowest BCUT2D eigenvalue weighted by molar-refractivity contribution is -0.248. The number of aliphatic carboxylic acids is 1. The maximum absolute atomic E-state index is 12.9. The summed E-state index contributed by atoms with van der Waals surface area (Å²) in [5, 5.41) is 21.7. The van der Waals surface area contributed by atoms with E-state index in [-0.39, 0.29) is 51.0 Å². The normalized spacial score (nSPS) is 49.9. The summed E-state index contributed by atoms with van der Waals surface area (Å²) in [6, 6.07) is 0. The predicted molar refractivity (Wildman–Crippen MR) is 144 cm³/mol. The lowest BCUT2D eigenvalue weighted by atomic mass is 9.33.